The lowest BCUT2D eigenvalue weighted by Crippen LogP contribution is -2.48. The number of anilines is 1. The first-order chi connectivity index (χ1) is 18.1. The number of benzene rings is 4. The Hall–Kier alpha value is -4.12. The van der Waals surface area contributed by atoms with E-state index in [1.807, 2.05) is 30.3 Å². The van der Waals surface area contributed by atoms with Crippen molar-refractivity contribution in [2.45, 2.75) is 31.8 Å². The number of ether oxygens (including phenoxy) is 1. The van der Waals surface area contributed by atoms with Gasteiger partial charge in [0.1, 0.15) is 11.6 Å². The molecule has 5 rings (SSSR count). The van der Waals surface area contributed by atoms with Crippen LogP contribution in [-0.2, 0) is 24.2 Å². The lowest BCUT2D eigenvalue weighted by atomic mass is 9.93. The molecule has 0 spiro atoms. The van der Waals surface area contributed by atoms with Crippen LogP contribution in [0.3, 0.4) is 0 Å². The van der Waals surface area contributed by atoms with Gasteiger partial charge in [0.05, 0.1) is 13.2 Å². The summed E-state index contributed by atoms with van der Waals surface area (Å²) in [7, 11) is 1.65. The molecule has 1 heterocycles. The van der Waals surface area contributed by atoms with Crippen LogP contribution in [0.4, 0.5) is 10.1 Å². The molecule has 0 fully saturated rings. The van der Waals surface area contributed by atoms with Gasteiger partial charge in [0.25, 0.3) is 0 Å². The van der Waals surface area contributed by atoms with E-state index >= 15 is 0 Å². The summed E-state index contributed by atoms with van der Waals surface area (Å²) >= 11 is 0. The maximum Gasteiger partial charge on any atom is 0.220 e. The van der Waals surface area contributed by atoms with Crippen molar-refractivity contribution in [3.8, 4) is 16.9 Å². The number of aryl methyl sites for hydroxylation is 1. The molecule has 1 atom stereocenters. The molecule has 1 aliphatic heterocycles. The number of rotatable bonds is 8. The van der Waals surface area contributed by atoms with Gasteiger partial charge in [-0.1, -0.05) is 60.7 Å². The van der Waals surface area contributed by atoms with Gasteiger partial charge >= 0.3 is 0 Å². The number of hydrogen-bond donors (Lipinski definition) is 1. The summed E-state index contributed by atoms with van der Waals surface area (Å²) in [6, 6.07) is 31.2. The fourth-order valence-electron chi connectivity index (χ4n) is 4.97. The molecule has 5 heteroatoms. The summed E-state index contributed by atoms with van der Waals surface area (Å²) in [5, 5.41) is 3.28. The number of nitrogens with zero attached hydrogens (tertiary/aromatic N) is 1. The summed E-state index contributed by atoms with van der Waals surface area (Å²) in [4.78, 5) is 15.3. The van der Waals surface area contributed by atoms with Gasteiger partial charge in [0.15, 0.2) is 0 Å². The molecule has 4 nitrogen and oxygen atoms in total. The Balaban J connectivity index is 1.32. The molecule has 0 bridgehead atoms. The average molecular weight is 495 g/mol. The second kappa shape index (κ2) is 11.3. The standard InChI is InChI=1S/C32H31FN2O2/c1-37-30-15-7-23(8-16-30)9-18-32(36)34-29-20-27-19-26(25-10-13-28(33)14-11-25)12-17-31(27)35(22-29)21-24-5-3-2-4-6-24/h2-8,10-17,19,29H,9,18,20-22H2,1H3,(H,34,36). The molecule has 1 amide bonds. The van der Waals surface area contributed by atoms with Crippen molar-refractivity contribution < 1.29 is 13.9 Å². The first-order valence-electron chi connectivity index (χ1n) is 12.7. The molecular formula is C32H31FN2O2. The molecule has 0 saturated carbocycles. The first-order valence-corrected chi connectivity index (χ1v) is 12.7. The number of carbonyl (C=O) groups excluding carboxylic acids is 1. The van der Waals surface area contributed by atoms with Crippen molar-refractivity contribution in [1.29, 1.82) is 0 Å². The van der Waals surface area contributed by atoms with Crippen LogP contribution < -0.4 is 15.0 Å². The highest BCUT2D eigenvalue weighted by Crippen LogP contribution is 2.33. The molecule has 1 aliphatic rings. The van der Waals surface area contributed by atoms with Gasteiger partial charge in [-0.2, -0.15) is 0 Å². The smallest absolute Gasteiger partial charge is 0.220 e. The number of methoxy groups -OCH3 is 1. The minimum Gasteiger partial charge on any atom is -0.497 e. The largest absolute Gasteiger partial charge is 0.497 e. The molecule has 0 aliphatic carbocycles. The van der Waals surface area contributed by atoms with E-state index in [-0.39, 0.29) is 17.8 Å². The lowest BCUT2D eigenvalue weighted by molar-refractivity contribution is -0.121. The third kappa shape index (κ3) is 6.18. The van der Waals surface area contributed by atoms with Crippen molar-refractivity contribution >= 4 is 11.6 Å². The van der Waals surface area contributed by atoms with E-state index < -0.39 is 0 Å². The van der Waals surface area contributed by atoms with Gasteiger partial charge in [-0.05, 0) is 77.1 Å². The molecule has 0 saturated heterocycles. The van der Waals surface area contributed by atoms with E-state index in [0.717, 1.165) is 42.0 Å². The van der Waals surface area contributed by atoms with E-state index in [4.69, 9.17) is 4.74 Å². The Morgan fingerprint density at radius 2 is 1.65 bits per heavy atom. The molecule has 0 radical (unpaired) electrons. The number of amides is 1. The van der Waals surface area contributed by atoms with Crippen LogP contribution in [0.5, 0.6) is 5.75 Å². The summed E-state index contributed by atoms with van der Waals surface area (Å²) < 4.78 is 18.7. The van der Waals surface area contributed by atoms with Crippen LogP contribution in [0.1, 0.15) is 23.1 Å². The fraction of sp³-hybridized carbons (Fsp3) is 0.219. The maximum absolute atomic E-state index is 13.5. The van der Waals surface area contributed by atoms with Gasteiger partial charge in [-0.15, -0.1) is 0 Å². The van der Waals surface area contributed by atoms with Crippen LogP contribution in [-0.4, -0.2) is 25.6 Å². The molecule has 4 aromatic rings. The molecule has 0 aromatic heterocycles. The Morgan fingerprint density at radius 1 is 0.919 bits per heavy atom. The maximum atomic E-state index is 13.5. The van der Waals surface area contributed by atoms with Crippen LogP contribution in [0.15, 0.2) is 97.1 Å². The predicted molar refractivity (Wildman–Crippen MR) is 146 cm³/mol. The van der Waals surface area contributed by atoms with Gasteiger partial charge in [0.2, 0.25) is 5.91 Å². The normalized spacial score (nSPS) is 14.6. The van der Waals surface area contributed by atoms with E-state index in [0.29, 0.717) is 12.8 Å². The van der Waals surface area contributed by atoms with E-state index in [2.05, 4.69) is 52.7 Å². The van der Waals surface area contributed by atoms with Crippen LogP contribution in [0.25, 0.3) is 11.1 Å². The van der Waals surface area contributed by atoms with Crippen LogP contribution in [0, 0.1) is 5.82 Å². The van der Waals surface area contributed by atoms with Crippen molar-refractivity contribution in [2.75, 3.05) is 18.6 Å². The Labute approximate surface area is 217 Å². The highest BCUT2D eigenvalue weighted by Gasteiger charge is 2.26. The molecule has 1 unspecified atom stereocenters. The molecular weight excluding hydrogens is 463 g/mol. The van der Waals surface area contributed by atoms with Crippen LogP contribution in [0.2, 0.25) is 0 Å². The van der Waals surface area contributed by atoms with Crippen LogP contribution >= 0.6 is 0 Å². The third-order valence-corrected chi connectivity index (χ3v) is 6.89. The summed E-state index contributed by atoms with van der Waals surface area (Å²) in [5.74, 6) is 0.624. The topological polar surface area (TPSA) is 41.6 Å². The van der Waals surface area contributed by atoms with Crippen molar-refractivity contribution in [3.05, 3.63) is 120 Å². The highest BCUT2D eigenvalue weighted by molar-refractivity contribution is 5.77. The zero-order chi connectivity index (χ0) is 25.6. The lowest BCUT2D eigenvalue weighted by Gasteiger charge is -2.37. The van der Waals surface area contributed by atoms with Crippen molar-refractivity contribution in [1.82, 2.24) is 5.32 Å². The number of carbonyl (C=O) groups is 1. The average Bonchev–Trinajstić information content (AvgIpc) is 2.93. The number of halogens is 1. The fourth-order valence-corrected chi connectivity index (χ4v) is 4.97. The zero-order valence-corrected chi connectivity index (χ0v) is 21.0. The monoisotopic (exact) mass is 494 g/mol. The number of hydrogen-bond acceptors (Lipinski definition) is 3. The number of nitrogens with one attached hydrogen (secondary N) is 1. The van der Waals surface area contributed by atoms with E-state index in [1.165, 1.54) is 28.9 Å². The first kappa shape index (κ1) is 24.6. The zero-order valence-electron chi connectivity index (χ0n) is 21.0. The third-order valence-electron chi connectivity index (χ3n) is 6.89. The Morgan fingerprint density at radius 3 is 2.38 bits per heavy atom. The minimum atomic E-state index is -0.242. The predicted octanol–water partition coefficient (Wildman–Crippen LogP) is 6.18. The molecule has 4 aromatic carbocycles. The SMILES string of the molecule is COc1ccc(CCC(=O)NC2Cc3cc(-c4ccc(F)cc4)ccc3N(Cc3ccccc3)C2)cc1. The van der Waals surface area contributed by atoms with Gasteiger partial charge in [0, 0.05) is 25.2 Å². The van der Waals surface area contributed by atoms with Crippen molar-refractivity contribution in [3.63, 3.8) is 0 Å². The summed E-state index contributed by atoms with van der Waals surface area (Å²) in [6.07, 6.45) is 1.87. The van der Waals surface area contributed by atoms with Gasteiger partial charge < -0.3 is 15.0 Å². The van der Waals surface area contributed by atoms with Gasteiger partial charge in [-0.25, -0.2) is 4.39 Å². The summed E-state index contributed by atoms with van der Waals surface area (Å²) in [5.41, 5.74) is 6.72. The second-order valence-electron chi connectivity index (χ2n) is 9.53. The summed E-state index contributed by atoms with van der Waals surface area (Å²) in [6.45, 7) is 1.51. The number of fused-ring (bicyclic) bond motifs is 1. The Kier molecular flexibility index (Phi) is 7.50. The van der Waals surface area contributed by atoms with Crippen molar-refractivity contribution in [2.24, 2.45) is 0 Å². The van der Waals surface area contributed by atoms with Gasteiger partial charge in [-0.3, -0.25) is 4.79 Å². The second-order valence-corrected chi connectivity index (χ2v) is 9.53. The quantitative estimate of drug-likeness (QED) is 0.318. The highest BCUT2D eigenvalue weighted by atomic mass is 19.1. The Bertz CT molecular complexity index is 1340. The van der Waals surface area contributed by atoms with E-state index in [1.54, 1.807) is 19.2 Å². The molecule has 188 valence electrons. The van der Waals surface area contributed by atoms with E-state index in [9.17, 15) is 9.18 Å². The molecule has 37 heavy (non-hydrogen) atoms. The molecule has 1 N–H and O–H groups in total. The minimum absolute atomic E-state index is 0.00282.